The number of methoxy groups -OCH3 is 1. The van der Waals surface area contributed by atoms with E-state index in [1.54, 1.807) is 12.0 Å². The van der Waals surface area contributed by atoms with Gasteiger partial charge in [-0.05, 0) is 23.8 Å². The second-order valence-electron chi connectivity index (χ2n) is 7.72. The fourth-order valence-corrected chi connectivity index (χ4v) is 4.44. The maximum atomic E-state index is 13.0. The third-order valence-electron chi connectivity index (χ3n) is 4.94. The summed E-state index contributed by atoms with van der Waals surface area (Å²) in [6.45, 7) is 5.69. The number of benzene rings is 2. The van der Waals surface area contributed by atoms with Crippen LogP contribution in [0.4, 0.5) is 5.69 Å². The highest BCUT2D eigenvalue weighted by molar-refractivity contribution is 8.15. The molecule has 1 aliphatic heterocycles. The fraction of sp³-hybridized carbons (Fsp3) is 0.435. The number of aliphatic imine (C=N–C) groups is 1. The lowest BCUT2D eigenvalue weighted by molar-refractivity contribution is -0.129. The normalized spacial score (nSPS) is 18.0. The third kappa shape index (κ3) is 5.61. The molecule has 1 fully saturated rings. The summed E-state index contributed by atoms with van der Waals surface area (Å²) in [7, 11) is 1.61. The minimum Gasteiger partial charge on any atom is -0.383 e. The molecule has 160 valence electrons. The van der Waals surface area contributed by atoms with E-state index in [2.05, 4.69) is 19.2 Å². The lowest BCUT2D eigenvalue weighted by atomic mass is 10.1. The zero-order valence-corrected chi connectivity index (χ0v) is 18.6. The van der Waals surface area contributed by atoms with Crippen LogP contribution in [-0.4, -0.2) is 53.9 Å². The van der Waals surface area contributed by atoms with E-state index < -0.39 is 5.25 Å². The monoisotopic (exact) mass is 427 g/mol. The molecule has 2 amide bonds. The molecule has 0 aromatic heterocycles. The largest absolute Gasteiger partial charge is 0.383 e. The lowest BCUT2D eigenvalue weighted by Crippen LogP contribution is -2.36. The molecule has 1 heterocycles. The molecule has 0 aliphatic carbocycles. The summed E-state index contributed by atoms with van der Waals surface area (Å²) in [5.74, 6) is 0.339. The van der Waals surface area contributed by atoms with Crippen LogP contribution in [-0.2, 0) is 14.3 Å². The van der Waals surface area contributed by atoms with Crippen molar-refractivity contribution in [1.29, 1.82) is 0 Å². The summed E-state index contributed by atoms with van der Waals surface area (Å²) in [6, 6.07) is 14.0. The van der Waals surface area contributed by atoms with E-state index in [4.69, 9.17) is 9.73 Å². The van der Waals surface area contributed by atoms with E-state index in [1.807, 2.05) is 42.5 Å². The molecule has 1 atom stereocenters. The van der Waals surface area contributed by atoms with Gasteiger partial charge in [-0.2, -0.15) is 0 Å². The van der Waals surface area contributed by atoms with Crippen molar-refractivity contribution in [3.63, 3.8) is 0 Å². The Kier molecular flexibility index (Phi) is 7.87. The van der Waals surface area contributed by atoms with Gasteiger partial charge in [0.1, 0.15) is 5.25 Å². The molecule has 1 saturated heterocycles. The molecule has 6 nitrogen and oxygen atoms in total. The minimum atomic E-state index is -0.463. The number of rotatable bonds is 9. The number of fused-ring (bicyclic) bond motifs is 1. The predicted molar refractivity (Wildman–Crippen MR) is 123 cm³/mol. The SMILES string of the molecule is COCCN1C(=O)C(CC(=O)NCCC(C)C)SC1=Nc1cccc2ccccc12. The summed E-state index contributed by atoms with van der Waals surface area (Å²) in [5.41, 5.74) is 0.813. The number of amidine groups is 1. The lowest BCUT2D eigenvalue weighted by Gasteiger charge is -2.16. The Labute approximate surface area is 182 Å². The fourth-order valence-electron chi connectivity index (χ4n) is 3.26. The first-order chi connectivity index (χ1) is 14.5. The Morgan fingerprint density at radius 3 is 2.77 bits per heavy atom. The summed E-state index contributed by atoms with van der Waals surface area (Å²) in [5, 5.41) is 5.20. The maximum Gasteiger partial charge on any atom is 0.242 e. The Morgan fingerprint density at radius 1 is 1.23 bits per heavy atom. The third-order valence-corrected chi connectivity index (χ3v) is 6.11. The summed E-state index contributed by atoms with van der Waals surface area (Å²) < 4.78 is 5.18. The Hall–Kier alpha value is -2.38. The predicted octanol–water partition coefficient (Wildman–Crippen LogP) is 3.97. The zero-order valence-electron chi connectivity index (χ0n) is 17.8. The van der Waals surface area contributed by atoms with Crippen LogP contribution in [0.5, 0.6) is 0 Å². The molecule has 2 aromatic rings. The van der Waals surface area contributed by atoms with Crippen LogP contribution in [0.2, 0.25) is 0 Å². The van der Waals surface area contributed by atoms with Crippen molar-refractivity contribution in [2.45, 2.75) is 31.9 Å². The van der Waals surface area contributed by atoms with Crippen LogP contribution in [0.25, 0.3) is 10.8 Å². The molecular weight excluding hydrogens is 398 g/mol. The number of nitrogens with one attached hydrogen (secondary N) is 1. The molecule has 0 radical (unpaired) electrons. The molecule has 30 heavy (non-hydrogen) atoms. The van der Waals surface area contributed by atoms with Crippen molar-refractivity contribution < 1.29 is 14.3 Å². The number of carbonyl (C=O) groups excluding carboxylic acids is 2. The van der Waals surface area contributed by atoms with Gasteiger partial charge < -0.3 is 10.1 Å². The van der Waals surface area contributed by atoms with Crippen molar-refractivity contribution in [2.24, 2.45) is 10.9 Å². The maximum absolute atomic E-state index is 13.0. The summed E-state index contributed by atoms with van der Waals surface area (Å²) in [4.78, 5) is 31.8. The van der Waals surface area contributed by atoms with Crippen molar-refractivity contribution in [1.82, 2.24) is 10.2 Å². The number of carbonyl (C=O) groups is 2. The molecule has 0 bridgehead atoms. The number of hydrogen-bond donors (Lipinski definition) is 1. The van der Waals surface area contributed by atoms with Gasteiger partial charge >= 0.3 is 0 Å². The molecule has 0 spiro atoms. The molecule has 1 aliphatic rings. The van der Waals surface area contributed by atoms with Crippen molar-refractivity contribution in [2.75, 3.05) is 26.8 Å². The van der Waals surface area contributed by atoms with Gasteiger partial charge in [0.15, 0.2) is 5.17 Å². The highest BCUT2D eigenvalue weighted by Gasteiger charge is 2.39. The van der Waals surface area contributed by atoms with E-state index in [1.165, 1.54) is 11.8 Å². The van der Waals surface area contributed by atoms with Crippen molar-refractivity contribution in [3.8, 4) is 0 Å². The van der Waals surface area contributed by atoms with Crippen LogP contribution in [0.1, 0.15) is 26.7 Å². The van der Waals surface area contributed by atoms with Crippen LogP contribution in [0.15, 0.2) is 47.5 Å². The van der Waals surface area contributed by atoms with Crippen LogP contribution >= 0.6 is 11.8 Å². The number of ether oxygens (including phenoxy) is 1. The summed E-state index contributed by atoms with van der Waals surface area (Å²) in [6.07, 6.45) is 1.07. The first kappa shape index (κ1) is 22.3. The average molecular weight is 428 g/mol. The first-order valence-electron chi connectivity index (χ1n) is 10.3. The molecule has 7 heteroatoms. The van der Waals surface area contributed by atoms with Gasteiger partial charge in [-0.15, -0.1) is 0 Å². The minimum absolute atomic E-state index is 0.0879. The molecular formula is C23H29N3O3S. The van der Waals surface area contributed by atoms with Gasteiger partial charge in [0.25, 0.3) is 0 Å². The Morgan fingerprint density at radius 2 is 2.00 bits per heavy atom. The second-order valence-corrected chi connectivity index (χ2v) is 8.89. The average Bonchev–Trinajstić information content (AvgIpc) is 3.00. The van der Waals surface area contributed by atoms with Crippen LogP contribution in [0, 0.1) is 5.92 Å². The standard InChI is InChI=1S/C23H29N3O3S/c1-16(2)11-12-24-21(27)15-20-22(28)26(13-14-29-3)23(30-20)25-19-10-6-8-17-7-4-5-9-18(17)19/h4-10,16,20H,11-15H2,1-3H3,(H,24,27). The van der Waals surface area contributed by atoms with E-state index >= 15 is 0 Å². The Balaban J connectivity index is 1.79. The number of thioether (sulfide) groups is 1. The van der Waals surface area contributed by atoms with Crippen molar-refractivity contribution >= 4 is 45.2 Å². The van der Waals surface area contributed by atoms with Gasteiger partial charge in [0.05, 0.1) is 18.8 Å². The molecule has 0 saturated carbocycles. The van der Waals surface area contributed by atoms with Gasteiger partial charge in [-0.1, -0.05) is 62.0 Å². The van der Waals surface area contributed by atoms with E-state index in [-0.39, 0.29) is 18.2 Å². The van der Waals surface area contributed by atoms with Gasteiger partial charge in [-0.3, -0.25) is 14.5 Å². The smallest absolute Gasteiger partial charge is 0.242 e. The van der Waals surface area contributed by atoms with E-state index in [0.29, 0.717) is 30.8 Å². The highest BCUT2D eigenvalue weighted by atomic mass is 32.2. The van der Waals surface area contributed by atoms with Gasteiger partial charge in [-0.25, -0.2) is 4.99 Å². The summed E-state index contributed by atoms with van der Waals surface area (Å²) >= 11 is 1.36. The van der Waals surface area contributed by atoms with Gasteiger partial charge in [0, 0.05) is 25.5 Å². The van der Waals surface area contributed by atoms with Crippen molar-refractivity contribution in [3.05, 3.63) is 42.5 Å². The highest BCUT2D eigenvalue weighted by Crippen LogP contribution is 2.33. The quantitative estimate of drug-likeness (QED) is 0.657. The van der Waals surface area contributed by atoms with E-state index in [9.17, 15) is 9.59 Å². The van der Waals surface area contributed by atoms with E-state index in [0.717, 1.165) is 22.9 Å². The number of hydrogen-bond acceptors (Lipinski definition) is 5. The van der Waals surface area contributed by atoms with Crippen LogP contribution < -0.4 is 5.32 Å². The topological polar surface area (TPSA) is 71.0 Å². The molecule has 1 N–H and O–H groups in total. The van der Waals surface area contributed by atoms with Gasteiger partial charge in [0.2, 0.25) is 11.8 Å². The zero-order chi connectivity index (χ0) is 21.5. The second kappa shape index (κ2) is 10.6. The number of amides is 2. The molecule has 1 unspecified atom stereocenters. The Bertz CT molecular complexity index is 924. The molecule has 3 rings (SSSR count). The number of nitrogens with zero attached hydrogens (tertiary/aromatic N) is 2. The first-order valence-corrected chi connectivity index (χ1v) is 11.2. The molecule has 2 aromatic carbocycles. The van der Waals surface area contributed by atoms with Crippen LogP contribution in [0.3, 0.4) is 0 Å².